The van der Waals surface area contributed by atoms with Gasteiger partial charge in [0.15, 0.2) is 0 Å². The summed E-state index contributed by atoms with van der Waals surface area (Å²) in [5, 5.41) is 5.38. The summed E-state index contributed by atoms with van der Waals surface area (Å²) in [4.78, 5) is 6.00. The van der Waals surface area contributed by atoms with E-state index >= 15 is 0 Å². The minimum absolute atomic E-state index is 0.712. The molecule has 114 valence electrons. The maximum absolute atomic E-state index is 6.06. The van der Waals surface area contributed by atoms with Gasteiger partial charge in [-0.15, -0.1) is 0 Å². The molecule has 1 saturated heterocycles. The number of hydrogen-bond donors (Lipinski definition) is 2. The van der Waals surface area contributed by atoms with E-state index in [9.17, 15) is 0 Å². The van der Waals surface area contributed by atoms with Crippen LogP contribution in [0.3, 0.4) is 0 Å². The van der Waals surface area contributed by atoms with Gasteiger partial charge in [-0.3, -0.25) is 4.90 Å². The Morgan fingerprint density at radius 2 is 2.29 bits per heavy atom. The molecule has 1 aliphatic heterocycles. The molecule has 0 saturated carbocycles. The highest BCUT2D eigenvalue weighted by Gasteiger charge is 2.22. The number of hydrogen-bond acceptors (Lipinski definition) is 2. The largest absolute Gasteiger partial charge is 0.361 e. The van der Waals surface area contributed by atoms with Gasteiger partial charge in [0.2, 0.25) is 0 Å². The van der Waals surface area contributed by atoms with Gasteiger partial charge in [0, 0.05) is 34.7 Å². The Hall–Kier alpha value is -1.03. The van der Waals surface area contributed by atoms with Crippen molar-refractivity contribution >= 4 is 22.5 Å². The molecule has 3 rings (SSSR count). The SMILES string of the molecule is CNCCC1CCCCN1Cc1c[nH]c2cc(Cl)ccc12. The molecule has 1 aromatic heterocycles. The van der Waals surface area contributed by atoms with Crippen LogP contribution in [0, 0.1) is 0 Å². The van der Waals surface area contributed by atoms with Crippen molar-refractivity contribution in [1.82, 2.24) is 15.2 Å². The van der Waals surface area contributed by atoms with Crippen molar-refractivity contribution in [2.45, 2.75) is 38.3 Å². The number of fused-ring (bicyclic) bond motifs is 1. The first kappa shape index (κ1) is 14.9. The van der Waals surface area contributed by atoms with Crippen LogP contribution in [0.15, 0.2) is 24.4 Å². The minimum atomic E-state index is 0.712. The molecule has 0 radical (unpaired) electrons. The lowest BCUT2D eigenvalue weighted by Crippen LogP contribution is -2.40. The Morgan fingerprint density at radius 1 is 1.38 bits per heavy atom. The first-order valence-electron chi connectivity index (χ1n) is 7.92. The van der Waals surface area contributed by atoms with Crippen molar-refractivity contribution in [3.63, 3.8) is 0 Å². The molecule has 0 spiro atoms. The van der Waals surface area contributed by atoms with Gasteiger partial charge in [-0.2, -0.15) is 0 Å². The van der Waals surface area contributed by atoms with Gasteiger partial charge in [0.25, 0.3) is 0 Å². The van der Waals surface area contributed by atoms with E-state index in [0.717, 1.165) is 23.6 Å². The Labute approximate surface area is 131 Å². The highest BCUT2D eigenvalue weighted by atomic mass is 35.5. The first-order chi connectivity index (χ1) is 10.3. The van der Waals surface area contributed by atoms with Crippen LogP contribution >= 0.6 is 11.6 Å². The highest BCUT2D eigenvalue weighted by molar-refractivity contribution is 6.31. The van der Waals surface area contributed by atoms with Crippen LogP contribution in [-0.2, 0) is 6.54 Å². The van der Waals surface area contributed by atoms with Crippen molar-refractivity contribution in [2.75, 3.05) is 20.1 Å². The van der Waals surface area contributed by atoms with E-state index in [1.54, 1.807) is 0 Å². The molecule has 1 fully saturated rings. The van der Waals surface area contributed by atoms with E-state index in [4.69, 9.17) is 11.6 Å². The fourth-order valence-electron chi connectivity index (χ4n) is 3.41. The Morgan fingerprint density at radius 3 is 3.14 bits per heavy atom. The lowest BCUT2D eigenvalue weighted by Gasteiger charge is -2.35. The zero-order valence-electron chi connectivity index (χ0n) is 12.7. The third kappa shape index (κ3) is 3.42. The summed E-state index contributed by atoms with van der Waals surface area (Å²) in [6.07, 6.45) is 7.41. The number of nitrogens with zero attached hydrogens (tertiary/aromatic N) is 1. The molecule has 0 aliphatic carbocycles. The number of aromatic amines is 1. The van der Waals surface area contributed by atoms with Gasteiger partial charge in [-0.05, 0) is 57.1 Å². The van der Waals surface area contributed by atoms with Crippen LogP contribution in [0.5, 0.6) is 0 Å². The zero-order chi connectivity index (χ0) is 14.7. The molecule has 2 heterocycles. The molecule has 3 nitrogen and oxygen atoms in total. The standard InChI is InChI=1S/C17H24ClN3/c1-19-8-7-15-4-2-3-9-21(15)12-13-11-20-17-10-14(18)5-6-16(13)17/h5-6,10-11,15,19-20H,2-4,7-9,12H2,1H3. The number of H-pyrrole nitrogens is 1. The van der Waals surface area contributed by atoms with Crippen LogP contribution in [-0.4, -0.2) is 36.1 Å². The summed E-state index contributed by atoms with van der Waals surface area (Å²) in [6, 6.07) is 6.84. The monoisotopic (exact) mass is 305 g/mol. The van der Waals surface area contributed by atoms with Gasteiger partial charge in [0.05, 0.1) is 0 Å². The van der Waals surface area contributed by atoms with Crippen molar-refractivity contribution in [3.8, 4) is 0 Å². The second-order valence-electron chi connectivity index (χ2n) is 6.02. The number of rotatable bonds is 5. The molecular formula is C17H24ClN3. The first-order valence-corrected chi connectivity index (χ1v) is 8.30. The third-order valence-electron chi connectivity index (χ3n) is 4.58. The Kier molecular flexibility index (Phi) is 4.84. The summed E-state index contributed by atoms with van der Waals surface area (Å²) >= 11 is 6.06. The van der Waals surface area contributed by atoms with Gasteiger partial charge in [-0.1, -0.05) is 24.1 Å². The maximum atomic E-state index is 6.06. The van der Waals surface area contributed by atoms with Crippen molar-refractivity contribution in [3.05, 3.63) is 35.0 Å². The third-order valence-corrected chi connectivity index (χ3v) is 4.81. The Bertz CT molecular complexity index is 593. The smallest absolute Gasteiger partial charge is 0.0472 e. The molecule has 4 heteroatoms. The molecule has 1 unspecified atom stereocenters. The average Bonchev–Trinajstić information content (AvgIpc) is 2.88. The van der Waals surface area contributed by atoms with E-state index in [1.165, 1.54) is 43.2 Å². The Balaban J connectivity index is 1.76. The summed E-state index contributed by atoms with van der Waals surface area (Å²) in [6.45, 7) is 3.36. The fraction of sp³-hybridized carbons (Fsp3) is 0.529. The lowest BCUT2D eigenvalue weighted by atomic mass is 9.98. The summed E-state index contributed by atoms with van der Waals surface area (Å²) in [5.41, 5.74) is 2.53. The summed E-state index contributed by atoms with van der Waals surface area (Å²) in [7, 11) is 2.04. The number of aromatic nitrogens is 1. The van der Waals surface area contributed by atoms with Gasteiger partial charge in [0.1, 0.15) is 0 Å². The fourth-order valence-corrected chi connectivity index (χ4v) is 3.59. The highest BCUT2D eigenvalue weighted by Crippen LogP contribution is 2.26. The predicted octanol–water partition coefficient (Wildman–Crippen LogP) is 3.79. The van der Waals surface area contributed by atoms with Crippen molar-refractivity contribution in [2.24, 2.45) is 0 Å². The van der Waals surface area contributed by atoms with Gasteiger partial charge < -0.3 is 10.3 Å². The quantitative estimate of drug-likeness (QED) is 0.880. The number of nitrogens with one attached hydrogen (secondary N) is 2. The molecule has 21 heavy (non-hydrogen) atoms. The summed E-state index contributed by atoms with van der Waals surface area (Å²) in [5.74, 6) is 0. The van der Waals surface area contributed by atoms with Gasteiger partial charge >= 0.3 is 0 Å². The number of likely N-dealkylation sites (tertiary alicyclic amines) is 1. The van der Waals surface area contributed by atoms with E-state index in [0.29, 0.717) is 6.04 Å². The lowest BCUT2D eigenvalue weighted by molar-refractivity contribution is 0.133. The molecule has 1 aromatic carbocycles. The second kappa shape index (κ2) is 6.82. The molecule has 2 N–H and O–H groups in total. The number of halogens is 1. The maximum Gasteiger partial charge on any atom is 0.0472 e. The van der Waals surface area contributed by atoms with E-state index < -0.39 is 0 Å². The van der Waals surface area contributed by atoms with Crippen LogP contribution in [0.2, 0.25) is 5.02 Å². The predicted molar refractivity (Wildman–Crippen MR) is 89.9 cm³/mol. The van der Waals surface area contributed by atoms with E-state index in [1.807, 2.05) is 19.2 Å². The molecule has 0 amide bonds. The topological polar surface area (TPSA) is 31.1 Å². The van der Waals surface area contributed by atoms with E-state index in [-0.39, 0.29) is 0 Å². The molecular weight excluding hydrogens is 282 g/mol. The van der Waals surface area contributed by atoms with Gasteiger partial charge in [-0.25, -0.2) is 0 Å². The van der Waals surface area contributed by atoms with Crippen molar-refractivity contribution in [1.29, 1.82) is 0 Å². The number of benzene rings is 1. The number of piperidine rings is 1. The van der Waals surface area contributed by atoms with Crippen LogP contribution in [0.4, 0.5) is 0 Å². The molecule has 2 aromatic rings. The second-order valence-corrected chi connectivity index (χ2v) is 6.45. The minimum Gasteiger partial charge on any atom is -0.361 e. The average molecular weight is 306 g/mol. The van der Waals surface area contributed by atoms with Crippen LogP contribution in [0.1, 0.15) is 31.2 Å². The van der Waals surface area contributed by atoms with Crippen LogP contribution in [0.25, 0.3) is 10.9 Å². The molecule has 1 aliphatic rings. The molecule has 0 bridgehead atoms. The van der Waals surface area contributed by atoms with Crippen molar-refractivity contribution < 1.29 is 0 Å². The van der Waals surface area contributed by atoms with Crippen LogP contribution < -0.4 is 5.32 Å². The summed E-state index contributed by atoms with van der Waals surface area (Å²) < 4.78 is 0. The molecule has 1 atom stereocenters. The normalized spacial score (nSPS) is 20.2. The van der Waals surface area contributed by atoms with E-state index in [2.05, 4.69) is 27.5 Å². The zero-order valence-corrected chi connectivity index (χ0v) is 13.4.